The molecule has 49 valence electrons. The molecule has 0 aliphatic heterocycles. The third-order valence-corrected chi connectivity index (χ3v) is 1.76. The van der Waals surface area contributed by atoms with E-state index in [0.717, 1.165) is 0 Å². The van der Waals surface area contributed by atoms with Crippen LogP contribution in [0.5, 0.6) is 0 Å². The molecule has 0 rings (SSSR count). The maximum absolute atomic E-state index is 10.3. The normalized spacial score (nSPS) is 12.5. The molecule has 8 heavy (non-hydrogen) atoms. The van der Waals surface area contributed by atoms with Crippen LogP contribution in [0.4, 0.5) is 0 Å². The van der Waals surface area contributed by atoms with Crippen LogP contribution in [0.3, 0.4) is 0 Å². The van der Waals surface area contributed by atoms with E-state index < -0.39 is 9.84 Å². The summed E-state index contributed by atoms with van der Waals surface area (Å²) in [5.41, 5.74) is 0. The van der Waals surface area contributed by atoms with E-state index in [9.17, 15) is 8.42 Å². The summed E-state index contributed by atoms with van der Waals surface area (Å²) in [5.74, 6) is 0.380. The molecule has 0 amide bonds. The lowest BCUT2D eigenvalue weighted by Gasteiger charge is -1.98. The Labute approximate surface area is 50.8 Å². The van der Waals surface area contributed by atoms with Gasteiger partial charge in [-0.1, -0.05) is 13.8 Å². The molecule has 0 bridgehead atoms. The zero-order valence-electron chi connectivity index (χ0n) is 5.22. The first-order chi connectivity index (χ1) is 3.42. The van der Waals surface area contributed by atoms with Crippen LogP contribution < -0.4 is 0 Å². The van der Waals surface area contributed by atoms with E-state index in [1.165, 1.54) is 0 Å². The van der Waals surface area contributed by atoms with Gasteiger partial charge in [-0.15, -0.1) is 0 Å². The summed E-state index contributed by atoms with van der Waals surface area (Å²) in [6.45, 7) is 3.70. The Hall–Kier alpha value is -0.0500. The van der Waals surface area contributed by atoms with Gasteiger partial charge in [-0.25, -0.2) is 8.42 Å². The Bertz CT molecular complexity index is 144. The number of rotatable bonds is 2. The first kappa shape index (κ1) is 7.95. The van der Waals surface area contributed by atoms with Crippen molar-refractivity contribution < 1.29 is 8.42 Å². The number of sulfone groups is 1. The molecule has 0 saturated heterocycles. The maximum Gasteiger partial charge on any atom is 0.151 e. The molecular weight excluding hydrogens is 124 g/mol. The molecule has 0 aliphatic rings. The van der Waals surface area contributed by atoms with E-state index in [0.29, 0.717) is 0 Å². The van der Waals surface area contributed by atoms with Crippen LogP contribution in [-0.2, 0) is 9.84 Å². The van der Waals surface area contributed by atoms with Crippen LogP contribution in [0, 0.1) is 12.2 Å². The summed E-state index contributed by atoms with van der Waals surface area (Å²) in [4.78, 5) is 0. The fourth-order valence-electron chi connectivity index (χ4n) is 0.508. The Balaban J connectivity index is 3.75. The molecule has 0 aromatic heterocycles. The second-order valence-corrected chi connectivity index (χ2v) is 4.12. The van der Waals surface area contributed by atoms with Gasteiger partial charge in [0.2, 0.25) is 0 Å². The number of hydrogen-bond acceptors (Lipinski definition) is 2. The van der Waals surface area contributed by atoms with Gasteiger partial charge in [0.1, 0.15) is 0 Å². The molecule has 0 unspecified atom stereocenters. The minimum Gasteiger partial charge on any atom is -0.229 e. The molecule has 0 aliphatic carbocycles. The van der Waals surface area contributed by atoms with Crippen LogP contribution in [0.1, 0.15) is 13.8 Å². The molecule has 0 atom stereocenters. The molecule has 0 fully saturated rings. The van der Waals surface area contributed by atoms with Crippen LogP contribution in [0.15, 0.2) is 0 Å². The van der Waals surface area contributed by atoms with E-state index in [4.69, 9.17) is 0 Å². The Morgan fingerprint density at radius 3 is 1.88 bits per heavy atom. The van der Waals surface area contributed by atoms with Crippen LogP contribution in [0.2, 0.25) is 0 Å². The van der Waals surface area contributed by atoms with Crippen LogP contribution >= 0.6 is 0 Å². The molecule has 0 N–H and O–H groups in total. The highest BCUT2D eigenvalue weighted by Gasteiger charge is 2.03. The third-order valence-electron chi connectivity index (χ3n) is 0.587. The fourth-order valence-corrected chi connectivity index (χ4v) is 1.52. The van der Waals surface area contributed by atoms with Gasteiger partial charge in [0.05, 0.1) is 12.0 Å². The van der Waals surface area contributed by atoms with Crippen molar-refractivity contribution in [2.45, 2.75) is 13.8 Å². The lowest BCUT2D eigenvalue weighted by Crippen LogP contribution is -2.06. The molecule has 0 spiro atoms. The van der Waals surface area contributed by atoms with Gasteiger partial charge in [0.15, 0.2) is 9.84 Å². The Morgan fingerprint density at radius 1 is 1.50 bits per heavy atom. The van der Waals surface area contributed by atoms with Gasteiger partial charge >= 0.3 is 0 Å². The quantitative estimate of drug-likeness (QED) is 0.562. The molecule has 3 heteroatoms. The molecular formula is C5H11O2S. The lowest BCUT2D eigenvalue weighted by molar-refractivity contribution is 0.591. The molecule has 0 aromatic carbocycles. The zero-order valence-corrected chi connectivity index (χ0v) is 6.03. The standard InChI is InChI=1S/C5H11O2S/c1-5(2)4-8(3,6)7/h5H,3-4H2,1-2H3. The molecule has 0 saturated carbocycles. The lowest BCUT2D eigenvalue weighted by atomic mass is 10.3. The van der Waals surface area contributed by atoms with E-state index in [-0.39, 0.29) is 11.7 Å². The minimum absolute atomic E-state index is 0.188. The van der Waals surface area contributed by atoms with Crippen molar-refractivity contribution >= 4 is 9.84 Å². The van der Waals surface area contributed by atoms with Gasteiger partial charge < -0.3 is 0 Å². The van der Waals surface area contributed by atoms with Crippen molar-refractivity contribution in [2.75, 3.05) is 5.75 Å². The molecule has 1 radical (unpaired) electrons. The van der Waals surface area contributed by atoms with Crippen molar-refractivity contribution in [3.63, 3.8) is 0 Å². The molecule has 0 aromatic rings. The van der Waals surface area contributed by atoms with Crippen molar-refractivity contribution in [1.82, 2.24) is 0 Å². The monoisotopic (exact) mass is 135 g/mol. The highest BCUT2D eigenvalue weighted by Crippen LogP contribution is 1.97. The van der Waals surface area contributed by atoms with Crippen molar-refractivity contribution in [2.24, 2.45) is 5.92 Å². The minimum atomic E-state index is -2.97. The van der Waals surface area contributed by atoms with E-state index in [2.05, 4.69) is 6.26 Å². The summed E-state index contributed by atoms with van der Waals surface area (Å²) >= 11 is 0. The topological polar surface area (TPSA) is 34.1 Å². The highest BCUT2D eigenvalue weighted by molar-refractivity contribution is 7.92. The van der Waals surface area contributed by atoms with Gasteiger partial charge in [-0.2, -0.15) is 0 Å². The first-order valence-corrected chi connectivity index (χ1v) is 4.29. The second kappa shape index (κ2) is 2.49. The Kier molecular flexibility index (Phi) is 2.47. The van der Waals surface area contributed by atoms with E-state index in [1.54, 1.807) is 0 Å². The first-order valence-electron chi connectivity index (χ1n) is 2.47. The third kappa shape index (κ3) is 5.95. The summed E-state index contributed by atoms with van der Waals surface area (Å²) < 4.78 is 20.7. The molecule has 0 heterocycles. The summed E-state index contributed by atoms with van der Waals surface area (Å²) in [5, 5.41) is 0. The zero-order chi connectivity index (χ0) is 6.78. The van der Waals surface area contributed by atoms with Gasteiger partial charge in [-0.3, -0.25) is 0 Å². The SMILES string of the molecule is [CH2]S(=O)(=O)CC(C)C. The van der Waals surface area contributed by atoms with Gasteiger partial charge in [-0.05, 0) is 5.92 Å². The predicted molar refractivity (Wildman–Crippen MR) is 34.0 cm³/mol. The van der Waals surface area contributed by atoms with E-state index >= 15 is 0 Å². The average molecular weight is 135 g/mol. The summed E-state index contributed by atoms with van der Waals surface area (Å²) in [6.07, 6.45) is 2.98. The second-order valence-electron chi connectivity index (χ2n) is 2.30. The largest absolute Gasteiger partial charge is 0.229 e. The highest BCUT2D eigenvalue weighted by atomic mass is 32.2. The van der Waals surface area contributed by atoms with Crippen molar-refractivity contribution in [3.8, 4) is 0 Å². The smallest absolute Gasteiger partial charge is 0.151 e. The average Bonchev–Trinajstić information content (AvgIpc) is 1.21. The predicted octanol–water partition coefficient (Wildman–Crippen LogP) is 0.849. The summed E-state index contributed by atoms with van der Waals surface area (Å²) in [7, 11) is -2.97. The maximum atomic E-state index is 10.3. The van der Waals surface area contributed by atoms with E-state index in [1.807, 2.05) is 13.8 Å². The Morgan fingerprint density at radius 2 is 1.88 bits per heavy atom. The summed E-state index contributed by atoms with van der Waals surface area (Å²) in [6, 6.07) is 0. The fraction of sp³-hybridized carbons (Fsp3) is 0.800. The van der Waals surface area contributed by atoms with Crippen LogP contribution in [0.25, 0.3) is 0 Å². The van der Waals surface area contributed by atoms with Crippen molar-refractivity contribution in [3.05, 3.63) is 6.26 Å². The molecule has 2 nitrogen and oxygen atoms in total. The van der Waals surface area contributed by atoms with Gasteiger partial charge in [0.25, 0.3) is 0 Å². The number of hydrogen-bond donors (Lipinski definition) is 0. The van der Waals surface area contributed by atoms with Crippen LogP contribution in [-0.4, -0.2) is 14.2 Å². The van der Waals surface area contributed by atoms with Gasteiger partial charge in [0, 0.05) is 0 Å². The van der Waals surface area contributed by atoms with Crippen molar-refractivity contribution in [1.29, 1.82) is 0 Å².